The van der Waals surface area contributed by atoms with Crippen LogP contribution < -0.4 is 5.32 Å². The van der Waals surface area contributed by atoms with Gasteiger partial charge in [0, 0.05) is 12.3 Å². The molecule has 0 spiro atoms. The molecule has 0 unspecified atom stereocenters. The zero-order valence-electron chi connectivity index (χ0n) is 7.49. The van der Waals surface area contributed by atoms with Crippen LogP contribution in [0.15, 0.2) is 18.3 Å². The maximum Gasteiger partial charge on any atom is 0.311 e. The number of aromatic nitrogens is 1. The maximum atomic E-state index is 11.2. The van der Waals surface area contributed by atoms with E-state index >= 15 is 0 Å². The molecule has 0 fully saturated rings. The summed E-state index contributed by atoms with van der Waals surface area (Å²) in [6, 6.07) is 2.52. The average Bonchev–Trinajstić information content (AvgIpc) is 2.16. The normalized spacial score (nSPS) is 10.9. The predicted octanol–water partition coefficient (Wildman–Crippen LogP) is 2.30. The summed E-state index contributed by atoms with van der Waals surface area (Å²) in [5, 5.41) is 12.6. The molecular formula is C7H4Cl3N3O3. The maximum absolute atomic E-state index is 11.2. The summed E-state index contributed by atoms with van der Waals surface area (Å²) >= 11 is 15.9. The minimum atomic E-state index is -2.20. The number of carbonyl (C=O) groups excluding carboxylic acids is 1. The molecule has 86 valence electrons. The fraction of sp³-hybridized carbons (Fsp3) is 0.143. The van der Waals surface area contributed by atoms with E-state index in [0.29, 0.717) is 0 Å². The van der Waals surface area contributed by atoms with Crippen LogP contribution in [0.4, 0.5) is 11.5 Å². The number of halogens is 3. The van der Waals surface area contributed by atoms with Gasteiger partial charge in [0.25, 0.3) is 9.70 Å². The van der Waals surface area contributed by atoms with Crippen LogP contribution in [0.5, 0.6) is 0 Å². The number of nitrogens with one attached hydrogen (secondary N) is 1. The predicted molar refractivity (Wildman–Crippen MR) is 59.8 cm³/mol. The molecule has 9 heteroatoms. The Kier molecular flexibility index (Phi) is 3.90. The van der Waals surface area contributed by atoms with Gasteiger partial charge in [0.1, 0.15) is 0 Å². The smallest absolute Gasteiger partial charge is 0.301 e. The van der Waals surface area contributed by atoms with Crippen molar-refractivity contribution in [3.63, 3.8) is 0 Å². The number of nitrogens with zero attached hydrogens (tertiary/aromatic N) is 2. The molecular weight excluding hydrogens is 280 g/mol. The Morgan fingerprint density at radius 1 is 1.50 bits per heavy atom. The van der Waals surface area contributed by atoms with Crippen LogP contribution in [0.2, 0.25) is 0 Å². The molecule has 1 N–H and O–H groups in total. The first kappa shape index (κ1) is 13.0. The van der Waals surface area contributed by atoms with Crippen LogP contribution in [0, 0.1) is 10.1 Å². The fourth-order valence-electron chi connectivity index (χ4n) is 0.819. The molecule has 0 radical (unpaired) electrons. The van der Waals surface area contributed by atoms with E-state index in [1.165, 1.54) is 18.3 Å². The van der Waals surface area contributed by atoms with Crippen molar-refractivity contribution in [3.05, 3.63) is 28.4 Å². The van der Waals surface area contributed by atoms with E-state index < -0.39 is 14.6 Å². The number of anilines is 1. The number of alkyl halides is 3. The largest absolute Gasteiger partial charge is 0.311 e. The number of hydrogen-bond donors (Lipinski definition) is 1. The molecule has 0 aliphatic rings. The molecule has 1 aromatic rings. The SMILES string of the molecule is O=C(Nc1ncccc1[N+](=O)[O-])C(Cl)(Cl)Cl. The molecule has 0 aliphatic carbocycles. The lowest BCUT2D eigenvalue weighted by atomic mass is 10.4. The molecule has 0 aliphatic heterocycles. The molecule has 0 bridgehead atoms. The molecule has 1 rings (SSSR count). The second-order valence-electron chi connectivity index (χ2n) is 2.58. The zero-order valence-corrected chi connectivity index (χ0v) is 9.75. The Balaban J connectivity index is 2.98. The monoisotopic (exact) mass is 283 g/mol. The first-order valence-electron chi connectivity index (χ1n) is 3.80. The van der Waals surface area contributed by atoms with Gasteiger partial charge in [-0.1, -0.05) is 34.8 Å². The van der Waals surface area contributed by atoms with Gasteiger partial charge in [-0.05, 0) is 6.07 Å². The van der Waals surface area contributed by atoms with Gasteiger partial charge in [-0.3, -0.25) is 14.9 Å². The molecule has 0 saturated carbocycles. The first-order valence-corrected chi connectivity index (χ1v) is 4.93. The summed E-state index contributed by atoms with van der Waals surface area (Å²) in [6.45, 7) is 0. The summed E-state index contributed by atoms with van der Waals surface area (Å²) in [5.41, 5.74) is -0.384. The van der Waals surface area contributed by atoms with Crippen LogP contribution in [-0.4, -0.2) is 19.6 Å². The van der Waals surface area contributed by atoms with E-state index in [1.807, 2.05) is 5.32 Å². The molecule has 0 saturated heterocycles. The molecule has 1 heterocycles. The summed E-state index contributed by atoms with van der Waals surface area (Å²) in [4.78, 5) is 24.7. The number of rotatable bonds is 2. The summed E-state index contributed by atoms with van der Waals surface area (Å²) in [5.74, 6) is -1.29. The van der Waals surface area contributed by atoms with E-state index in [4.69, 9.17) is 34.8 Å². The van der Waals surface area contributed by atoms with Crippen molar-refractivity contribution in [2.24, 2.45) is 0 Å². The molecule has 1 aromatic heterocycles. The number of nitro groups is 1. The highest BCUT2D eigenvalue weighted by molar-refractivity contribution is 6.76. The Bertz CT molecular complexity index is 432. The minimum Gasteiger partial charge on any atom is -0.301 e. The van der Waals surface area contributed by atoms with E-state index in [9.17, 15) is 14.9 Å². The third kappa shape index (κ3) is 3.19. The average molecular weight is 284 g/mol. The van der Waals surface area contributed by atoms with Crippen molar-refractivity contribution in [2.75, 3.05) is 5.32 Å². The van der Waals surface area contributed by atoms with Crippen molar-refractivity contribution in [2.45, 2.75) is 3.79 Å². The van der Waals surface area contributed by atoms with Crippen LogP contribution in [0.3, 0.4) is 0 Å². The third-order valence-electron chi connectivity index (χ3n) is 1.47. The topological polar surface area (TPSA) is 85.1 Å². The second-order valence-corrected chi connectivity index (χ2v) is 4.86. The quantitative estimate of drug-likeness (QED) is 0.513. The Hall–Kier alpha value is -1.11. The van der Waals surface area contributed by atoms with Crippen LogP contribution in [0.1, 0.15) is 0 Å². The van der Waals surface area contributed by atoms with Gasteiger partial charge in [-0.15, -0.1) is 0 Å². The number of hydrogen-bond acceptors (Lipinski definition) is 4. The Labute approximate surface area is 105 Å². The first-order chi connectivity index (χ1) is 7.32. The lowest BCUT2D eigenvalue weighted by molar-refractivity contribution is -0.384. The molecule has 0 aromatic carbocycles. The summed E-state index contributed by atoms with van der Waals surface area (Å²) < 4.78 is -2.20. The van der Waals surface area contributed by atoms with Crippen molar-refractivity contribution >= 4 is 52.2 Å². The minimum absolute atomic E-state index is 0.274. The van der Waals surface area contributed by atoms with Crippen molar-refractivity contribution in [3.8, 4) is 0 Å². The zero-order chi connectivity index (χ0) is 12.3. The molecule has 16 heavy (non-hydrogen) atoms. The lowest BCUT2D eigenvalue weighted by Crippen LogP contribution is -2.27. The van der Waals surface area contributed by atoms with Crippen LogP contribution in [0.25, 0.3) is 0 Å². The van der Waals surface area contributed by atoms with Crippen molar-refractivity contribution in [1.82, 2.24) is 4.98 Å². The fourth-order valence-corrected chi connectivity index (χ4v) is 0.961. The Morgan fingerprint density at radius 3 is 2.62 bits per heavy atom. The van der Waals surface area contributed by atoms with Gasteiger partial charge < -0.3 is 5.32 Å². The highest BCUT2D eigenvalue weighted by atomic mass is 35.6. The van der Waals surface area contributed by atoms with E-state index in [-0.39, 0.29) is 11.5 Å². The molecule has 0 atom stereocenters. The number of pyridine rings is 1. The Morgan fingerprint density at radius 2 is 2.12 bits per heavy atom. The van der Waals surface area contributed by atoms with Gasteiger partial charge in [-0.2, -0.15) is 0 Å². The van der Waals surface area contributed by atoms with E-state index in [1.54, 1.807) is 0 Å². The highest BCUT2D eigenvalue weighted by Gasteiger charge is 2.32. The summed E-state index contributed by atoms with van der Waals surface area (Å²) in [7, 11) is 0. The van der Waals surface area contributed by atoms with Gasteiger partial charge in [0.05, 0.1) is 4.92 Å². The molecule has 6 nitrogen and oxygen atoms in total. The third-order valence-corrected chi connectivity index (χ3v) is 1.99. The lowest BCUT2D eigenvalue weighted by Gasteiger charge is -2.10. The van der Waals surface area contributed by atoms with Gasteiger partial charge in [0.2, 0.25) is 5.82 Å². The number of carbonyl (C=O) groups is 1. The standard InChI is InChI=1S/C7H4Cl3N3O3/c8-7(9,10)6(14)12-5-4(13(15)16)2-1-3-11-5/h1-3H,(H,11,12,14). The van der Waals surface area contributed by atoms with Gasteiger partial charge in [0.15, 0.2) is 0 Å². The van der Waals surface area contributed by atoms with Gasteiger partial charge in [-0.25, -0.2) is 4.98 Å². The van der Waals surface area contributed by atoms with E-state index in [2.05, 4.69) is 4.98 Å². The van der Waals surface area contributed by atoms with Crippen LogP contribution >= 0.6 is 34.8 Å². The molecule has 1 amide bonds. The van der Waals surface area contributed by atoms with Crippen molar-refractivity contribution < 1.29 is 9.72 Å². The summed E-state index contributed by atoms with van der Waals surface area (Å²) in [6.07, 6.45) is 1.26. The number of amides is 1. The van der Waals surface area contributed by atoms with Crippen molar-refractivity contribution in [1.29, 1.82) is 0 Å². The highest BCUT2D eigenvalue weighted by Crippen LogP contribution is 2.29. The van der Waals surface area contributed by atoms with Gasteiger partial charge >= 0.3 is 5.69 Å². The van der Waals surface area contributed by atoms with Crippen LogP contribution in [-0.2, 0) is 4.79 Å². The second kappa shape index (κ2) is 4.82. The van der Waals surface area contributed by atoms with E-state index in [0.717, 1.165) is 0 Å².